The van der Waals surface area contributed by atoms with Crippen LogP contribution in [0.4, 0.5) is 0 Å². The van der Waals surface area contributed by atoms with Crippen molar-refractivity contribution in [2.75, 3.05) is 26.4 Å². The topological polar surface area (TPSA) is 149 Å². The Bertz CT molecular complexity index is 936. The highest BCUT2D eigenvalue weighted by atomic mass is 31.2. The Morgan fingerprint density at radius 1 is 0.600 bits per heavy atom. The number of aliphatic hydroxyl groups excluding tert-OH is 2. The first kappa shape index (κ1) is 48.2. The molecular formula is C39H71O10P. The first-order valence-corrected chi connectivity index (χ1v) is 20.9. The highest BCUT2D eigenvalue weighted by Gasteiger charge is 2.27. The second-order valence-electron chi connectivity index (χ2n) is 13.0. The standard InChI is InChI=1S/C39H71O10P/c1-3-5-7-9-11-13-15-17-18-19-21-23-25-27-29-31-39(43)49-37(35-48-50(44,45)47-33-36(41)32-40)34-46-38(42)30-28-26-24-22-20-16-14-12-10-8-6-4-2/h11,13,17-18,21,23,36-37,40-41H,3-10,12,14-16,19-20,22,24-35H2,1-2H3,(H,44,45)/b13-11-,18-17-,23-21-/t36-,37+/m0/s1. The average Bonchev–Trinajstić information content (AvgIpc) is 3.10. The molecule has 10 nitrogen and oxygen atoms in total. The molecule has 0 radical (unpaired) electrons. The lowest BCUT2D eigenvalue weighted by molar-refractivity contribution is -0.161. The summed E-state index contributed by atoms with van der Waals surface area (Å²) in [5, 5.41) is 18.3. The van der Waals surface area contributed by atoms with Gasteiger partial charge in [0.25, 0.3) is 0 Å². The van der Waals surface area contributed by atoms with E-state index in [0.29, 0.717) is 12.8 Å². The lowest BCUT2D eigenvalue weighted by Crippen LogP contribution is -2.29. The fraction of sp³-hybridized carbons (Fsp3) is 0.795. The smallest absolute Gasteiger partial charge is 0.462 e. The van der Waals surface area contributed by atoms with Crippen molar-refractivity contribution < 1.29 is 47.8 Å². The van der Waals surface area contributed by atoms with Gasteiger partial charge in [-0.1, -0.05) is 134 Å². The van der Waals surface area contributed by atoms with Crippen molar-refractivity contribution >= 4 is 19.8 Å². The van der Waals surface area contributed by atoms with Crippen molar-refractivity contribution in [2.24, 2.45) is 0 Å². The predicted molar refractivity (Wildman–Crippen MR) is 201 cm³/mol. The zero-order valence-electron chi connectivity index (χ0n) is 31.4. The van der Waals surface area contributed by atoms with Crippen LogP contribution in [0.15, 0.2) is 36.5 Å². The molecule has 0 aliphatic carbocycles. The number of aliphatic hydroxyl groups is 2. The number of esters is 2. The van der Waals surface area contributed by atoms with Gasteiger partial charge in [0.05, 0.1) is 19.8 Å². The first-order valence-electron chi connectivity index (χ1n) is 19.4. The Kier molecular flexibility index (Phi) is 34.3. The summed E-state index contributed by atoms with van der Waals surface area (Å²) in [6.45, 7) is 2.29. The summed E-state index contributed by atoms with van der Waals surface area (Å²) in [7, 11) is -4.62. The molecule has 0 saturated carbocycles. The van der Waals surface area contributed by atoms with E-state index < -0.39 is 51.8 Å². The molecule has 0 bridgehead atoms. The highest BCUT2D eigenvalue weighted by molar-refractivity contribution is 7.47. The minimum absolute atomic E-state index is 0.137. The van der Waals surface area contributed by atoms with Crippen molar-refractivity contribution in [2.45, 2.75) is 174 Å². The summed E-state index contributed by atoms with van der Waals surface area (Å²) in [4.78, 5) is 34.8. The van der Waals surface area contributed by atoms with Gasteiger partial charge in [-0.3, -0.25) is 18.6 Å². The summed E-state index contributed by atoms with van der Waals surface area (Å²) < 4.78 is 32.5. The summed E-state index contributed by atoms with van der Waals surface area (Å²) in [6.07, 6.45) is 34.0. The lowest BCUT2D eigenvalue weighted by atomic mass is 10.0. The van der Waals surface area contributed by atoms with Crippen LogP contribution in [0.3, 0.4) is 0 Å². The number of ether oxygens (including phenoxy) is 2. The minimum atomic E-state index is -4.62. The molecule has 0 spiro atoms. The summed E-state index contributed by atoms with van der Waals surface area (Å²) >= 11 is 0. The molecule has 0 fully saturated rings. The van der Waals surface area contributed by atoms with Gasteiger partial charge in [-0.05, 0) is 51.4 Å². The van der Waals surface area contributed by atoms with E-state index in [0.717, 1.165) is 51.4 Å². The number of hydrogen-bond acceptors (Lipinski definition) is 9. The molecular weight excluding hydrogens is 659 g/mol. The second kappa shape index (κ2) is 35.6. The number of unbranched alkanes of at least 4 members (excludes halogenated alkanes) is 16. The first-order chi connectivity index (χ1) is 24.2. The van der Waals surface area contributed by atoms with E-state index in [9.17, 15) is 24.2 Å². The summed E-state index contributed by atoms with van der Waals surface area (Å²) in [5.41, 5.74) is 0. The van der Waals surface area contributed by atoms with Gasteiger partial charge in [0, 0.05) is 12.8 Å². The third kappa shape index (κ3) is 34.6. The Labute approximate surface area is 303 Å². The Morgan fingerprint density at radius 3 is 1.60 bits per heavy atom. The molecule has 0 aliphatic rings. The second-order valence-corrected chi connectivity index (χ2v) is 14.4. The van der Waals surface area contributed by atoms with Crippen molar-refractivity contribution in [1.82, 2.24) is 0 Å². The molecule has 0 aromatic heterocycles. The predicted octanol–water partition coefficient (Wildman–Crippen LogP) is 9.61. The molecule has 292 valence electrons. The molecule has 0 aromatic carbocycles. The normalized spacial score (nSPS) is 14.4. The van der Waals surface area contributed by atoms with Gasteiger partial charge in [0.15, 0.2) is 6.10 Å². The van der Waals surface area contributed by atoms with Crippen LogP contribution >= 0.6 is 7.82 Å². The van der Waals surface area contributed by atoms with Crippen LogP contribution in [0, 0.1) is 0 Å². The molecule has 0 aliphatic heterocycles. The van der Waals surface area contributed by atoms with E-state index in [1.807, 2.05) is 0 Å². The maximum atomic E-state index is 12.5. The van der Waals surface area contributed by atoms with E-state index in [2.05, 4.69) is 54.8 Å². The number of carbonyl (C=O) groups excluding carboxylic acids is 2. The monoisotopic (exact) mass is 730 g/mol. The Morgan fingerprint density at radius 2 is 1.04 bits per heavy atom. The van der Waals surface area contributed by atoms with Crippen molar-refractivity contribution in [1.29, 1.82) is 0 Å². The van der Waals surface area contributed by atoms with Crippen LogP contribution in [0.2, 0.25) is 0 Å². The van der Waals surface area contributed by atoms with E-state index in [1.54, 1.807) is 0 Å². The molecule has 0 amide bonds. The van der Waals surface area contributed by atoms with E-state index in [1.165, 1.54) is 70.6 Å². The van der Waals surface area contributed by atoms with Gasteiger partial charge in [0.2, 0.25) is 0 Å². The van der Waals surface area contributed by atoms with Gasteiger partial charge >= 0.3 is 19.8 Å². The third-order valence-corrected chi connectivity index (χ3v) is 9.00. The van der Waals surface area contributed by atoms with Crippen molar-refractivity contribution in [3.63, 3.8) is 0 Å². The largest absolute Gasteiger partial charge is 0.472 e. The summed E-state index contributed by atoms with van der Waals surface area (Å²) in [6, 6.07) is 0. The molecule has 0 aromatic rings. The molecule has 3 N–H and O–H groups in total. The highest BCUT2D eigenvalue weighted by Crippen LogP contribution is 2.43. The number of phosphoric ester groups is 1. The number of rotatable bonds is 36. The SMILES string of the molecule is CCCCC/C=C\C/C=C\C/C=C\CCCCC(=O)O[C@H](COC(=O)CCCCCCCCCCCCCC)COP(=O)(O)OC[C@@H](O)CO. The van der Waals surface area contributed by atoms with Gasteiger partial charge < -0.3 is 24.6 Å². The molecule has 50 heavy (non-hydrogen) atoms. The number of carbonyl (C=O) groups is 2. The average molecular weight is 731 g/mol. The Balaban J connectivity index is 4.44. The van der Waals surface area contributed by atoms with Crippen LogP contribution in [0.5, 0.6) is 0 Å². The van der Waals surface area contributed by atoms with Gasteiger partial charge in [-0.15, -0.1) is 0 Å². The molecule has 0 rings (SSSR count). The van der Waals surface area contributed by atoms with Gasteiger partial charge in [0.1, 0.15) is 12.7 Å². The fourth-order valence-corrected chi connectivity index (χ4v) is 5.79. The number of phosphoric acid groups is 1. The summed E-state index contributed by atoms with van der Waals surface area (Å²) in [5.74, 6) is -0.970. The van der Waals surface area contributed by atoms with E-state index in [-0.39, 0.29) is 19.4 Å². The molecule has 11 heteroatoms. The molecule has 0 heterocycles. The zero-order valence-corrected chi connectivity index (χ0v) is 32.3. The molecule has 0 saturated heterocycles. The van der Waals surface area contributed by atoms with E-state index in [4.69, 9.17) is 19.1 Å². The van der Waals surface area contributed by atoms with Gasteiger partial charge in [-0.25, -0.2) is 4.57 Å². The number of allylic oxidation sites excluding steroid dienone is 6. The van der Waals surface area contributed by atoms with Crippen LogP contribution in [-0.2, 0) is 32.7 Å². The van der Waals surface area contributed by atoms with Gasteiger partial charge in [-0.2, -0.15) is 0 Å². The van der Waals surface area contributed by atoms with Crippen LogP contribution in [-0.4, -0.2) is 65.7 Å². The Hall–Kier alpha value is -1.81. The molecule has 3 atom stereocenters. The van der Waals surface area contributed by atoms with Crippen molar-refractivity contribution in [3.05, 3.63) is 36.5 Å². The quantitative estimate of drug-likeness (QED) is 0.0246. The zero-order chi connectivity index (χ0) is 37.0. The maximum absolute atomic E-state index is 12.5. The van der Waals surface area contributed by atoms with Crippen LogP contribution in [0.1, 0.15) is 162 Å². The number of hydrogen-bond donors (Lipinski definition) is 3. The third-order valence-electron chi connectivity index (χ3n) is 8.05. The fourth-order valence-electron chi connectivity index (χ4n) is 5.00. The van der Waals surface area contributed by atoms with Crippen molar-refractivity contribution in [3.8, 4) is 0 Å². The van der Waals surface area contributed by atoms with E-state index >= 15 is 0 Å². The van der Waals surface area contributed by atoms with Crippen LogP contribution < -0.4 is 0 Å². The minimum Gasteiger partial charge on any atom is -0.462 e. The van der Waals surface area contributed by atoms with Crippen LogP contribution in [0.25, 0.3) is 0 Å². The molecule has 1 unspecified atom stereocenters. The lowest BCUT2D eigenvalue weighted by Gasteiger charge is -2.20. The maximum Gasteiger partial charge on any atom is 0.472 e.